The summed E-state index contributed by atoms with van der Waals surface area (Å²) in [7, 11) is -3.47. The number of sulfonamides is 1. The minimum absolute atomic E-state index is 0.135. The minimum atomic E-state index is -3.47. The summed E-state index contributed by atoms with van der Waals surface area (Å²) < 4.78 is 26.1. The monoisotopic (exact) mass is 325 g/mol. The van der Waals surface area contributed by atoms with Crippen LogP contribution in [-0.4, -0.2) is 20.3 Å². The molecule has 1 aromatic carbocycles. The molecule has 3 nitrogen and oxygen atoms in total. The van der Waals surface area contributed by atoms with Crippen molar-refractivity contribution in [1.29, 1.82) is 0 Å². The van der Waals surface area contributed by atoms with E-state index in [-0.39, 0.29) is 9.92 Å². The largest absolute Gasteiger partial charge is 0.242 e. The normalized spacial score (nSPS) is 11.6. The molecule has 0 saturated heterocycles. The minimum Gasteiger partial charge on any atom is -0.211 e. The zero-order chi connectivity index (χ0) is 12.0. The van der Waals surface area contributed by atoms with Crippen molar-refractivity contribution in [1.82, 2.24) is 4.72 Å². The van der Waals surface area contributed by atoms with Crippen LogP contribution in [0.25, 0.3) is 0 Å². The maximum Gasteiger partial charge on any atom is 0.242 e. The summed E-state index contributed by atoms with van der Waals surface area (Å²) in [4.78, 5) is 0.135. The van der Waals surface area contributed by atoms with Gasteiger partial charge in [-0.1, -0.05) is 39.7 Å². The summed E-state index contributed by atoms with van der Waals surface area (Å²) in [6.07, 6.45) is 1.74. The van der Waals surface area contributed by atoms with E-state index in [1.54, 1.807) is 18.2 Å². The zero-order valence-electron chi connectivity index (χ0n) is 8.62. The SMILES string of the molecule is O=S(=O)(NCCCCBr)c1ccccc1Cl. The van der Waals surface area contributed by atoms with Crippen molar-refractivity contribution in [2.45, 2.75) is 17.7 Å². The zero-order valence-corrected chi connectivity index (χ0v) is 11.8. The Labute approximate surface area is 109 Å². The average molecular weight is 327 g/mol. The second kappa shape index (κ2) is 6.59. The van der Waals surface area contributed by atoms with E-state index in [0.29, 0.717) is 6.54 Å². The molecular formula is C10H13BrClNO2S. The van der Waals surface area contributed by atoms with E-state index in [9.17, 15) is 8.42 Å². The summed E-state index contributed by atoms with van der Waals surface area (Å²) in [5.41, 5.74) is 0. The lowest BCUT2D eigenvalue weighted by molar-refractivity contribution is 0.578. The van der Waals surface area contributed by atoms with E-state index in [1.807, 2.05) is 0 Å². The molecule has 16 heavy (non-hydrogen) atoms. The molecule has 0 aliphatic carbocycles. The molecule has 0 spiro atoms. The molecule has 0 heterocycles. The van der Waals surface area contributed by atoms with Crippen LogP contribution in [0.2, 0.25) is 5.02 Å². The van der Waals surface area contributed by atoms with Gasteiger partial charge in [0.05, 0.1) is 5.02 Å². The number of hydrogen-bond donors (Lipinski definition) is 1. The molecule has 0 bridgehead atoms. The third-order valence-corrected chi connectivity index (χ3v) is 4.50. The van der Waals surface area contributed by atoms with Gasteiger partial charge < -0.3 is 0 Å². The molecule has 0 radical (unpaired) electrons. The number of hydrogen-bond acceptors (Lipinski definition) is 2. The Balaban J connectivity index is 2.68. The van der Waals surface area contributed by atoms with Crippen LogP contribution in [0.1, 0.15) is 12.8 Å². The highest BCUT2D eigenvalue weighted by Crippen LogP contribution is 2.19. The first kappa shape index (κ1) is 14.0. The van der Waals surface area contributed by atoms with Gasteiger partial charge >= 0.3 is 0 Å². The molecule has 1 rings (SSSR count). The van der Waals surface area contributed by atoms with Gasteiger partial charge in [-0.25, -0.2) is 13.1 Å². The number of halogens is 2. The first-order valence-electron chi connectivity index (χ1n) is 4.88. The third kappa shape index (κ3) is 4.05. The lowest BCUT2D eigenvalue weighted by Crippen LogP contribution is -2.25. The molecule has 0 aromatic heterocycles. The molecule has 1 aromatic rings. The molecule has 6 heteroatoms. The van der Waals surface area contributed by atoms with E-state index < -0.39 is 10.0 Å². The number of nitrogens with one attached hydrogen (secondary N) is 1. The van der Waals surface area contributed by atoms with Crippen molar-refractivity contribution >= 4 is 37.6 Å². The van der Waals surface area contributed by atoms with E-state index in [4.69, 9.17) is 11.6 Å². The summed E-state index contributed by atoms with van der Waals surface area (Å²) in [6, 6.07) is 6.41. The van der Waals surface area contributed by atoms with Crippen LogP contribution in [0.3, 0.4) is 0 Å². The lowest BCUT2D eigenvalue weighted by atomic mass is 10.3. The first-order chi connectivity index (χ1) is 7.58. The van der Waals surface area contributed by atoms with Crippen LogP contribution >= 0.6 is 27.5 Å². The predicted molar refractivity (Wildman–Crippen MR) is 69.7 cm³/mol. The van der Waals surface area contributed by atoms with E-state index >= 15 is 0 Å². The molecule has 0 saturated carbocycles. The van der Waals surface area contributed by atoms with Crippen LogP contribution in [0.4, 0.5) is 0 Å². The Morgan fingerprint density at radius 2 is 1.94 bits per heavy atom. The third-order valence-electron chi connectivity index (χ3n) is 1.98. The molecule has 0 amide bonds. The Morgan fingerprint density at radius 3 is 2.56 bits per heavy atom. The topological polar surface area (TPSA) is 46.2 Å². The Bertz CT molecular complexity index is 436. The van der Waals surface area contributed by atoms with Gasteiger partial charge in [-0.15, -0.1) is 0 Å². The van der Waals surface area contributed by atoms with Gasteiger partial charge in [-0.3, -0.25) is 0 Å². The van der Waals surface area contributed by atoms with Crippen molar-refractivity contribution in [3.8, 4) is 0 Å². The quantitative estimate of drug-likeness (QED) is 0.645. The van der Waals surface area contributed by atoms with Crippen molar-refractivity contribution in [3.63, 3.8) is 0 Å². The molecule has 0 unspecified atom stereocenters. The van der Waals surface area contributed by atoms with E-state index in [2.05, 4.69) is 20.7 Å². The maximum atomic E-state index is 11.8. The molecule has 0 aliphatic rings. The van der Waals surface area contributed by atoms with Gasteiger partial charge in [0.2, 0.25) is 10.0 Å². The van der Waals surface area contributed by atoms with Gasteiger partial charge in [-0.05, 0) is 25.0 Å². The van der Waals surface area contributed by atoms with Gasteiger partial charge in [0.25, 0.3) is 0 Å². The molecule has 1 N–H and O–H groups in total. The number of rotatable bonds is 6. The fourth-order valence-corrected chi connectivity index (χ4v) is 3.15. The second-order valence-electron chi connectivity index (χ2n) is 3.22. The van der Waals surface area contributed by atoms with Crippen molar-refractivity contribution in [2.75, 3.05) is 11.9 Å². The fraction of sp³-hybridized carbons (Fsp3) is 0.400. The highest BCUT2D eigenvalue weighted by Gasteiger charge is 2.15. The molecular weight excluding hydrogens is 314 g/mol. The van der Waals surface area contributed by atoms with Crippen LogP contribution in [0.15, 0.2) is 29.2 Å². The van der Waals surface area contributed by atoms with Crippen molar-refractivity contribution in [2.24, 2.45) is 0 Å². The van der Waals surface area contributed by atoms with E-state index in [0.717, 1.165) is 18.2 Å². The smallest absolute Gasteiger partial charge is 0.211 e. The van der Waals surface area contributed by atoms with Crippen LogP contribution in [0.5, 0.6) is 0 Å². The van der Waals surface area contributed by atoms with Crippen LogP contribution < -0.4 is 4.72 Å². The maximum absolute atomic E-state index is 11.8. The average Bonchev–Trinajstić information content (AvgIpc) is 2.25. The summed E-state index contributed by atoms with van der Waals surface area (Å²) in [5, 5.41) is 1.12. The Morgan fingerprint density at radius 1 is 1.25 bits per heavy atom. The molecule has 90 valence electrons. The number of benzene rings is 1. The number of unbranched alkanes of at least 4 members (excludes halogenated alkanes) is 1. The molecule has 0 fully saturated rings. The summed E-state index contributed by atoms with van der Waals surface area (Å²) in [6.45, 7) is 0.430. The standard InChI is InChI=1S/C10H13BrClNO2S/c11-7-3-4-8-13-16(14,15)10-6-2-1-5-9(10)12/h1-2,5-6,13H,3-4,7-8H2. The number of alkyl halides is 1. The van der Waals surface area contributed by atoms with Crippen LogP contribution in [-0.2, 0) is 10.0 Å². The first-order valence-corrected chi connectivity index (χ1v) is 7.86. The lowest BCUT2D eigenvalue weighted by Gasteiger charge is -2.07. The predicted octanol–water partition coefficient (Wildman–Crippen LogP) is 2.79. The highest BCUT2D eigenvalue weighted by atomic mass is 79.9. The van der Waals surface area contributed by atoms with Crippen molar-refractivity contribution in [3.05, 3.63) is 29.3 Å². The van der Waals surface area contributed by atoms with Crippen molar-refractivity contribution < 1.29 is 8.42 Å². The van der Waals surface area contributed by atoms with E-state index in [1.165, 1.54) is 6.07 Å². The highest BCUT2D eigenvalue weighted by molar-refractivity contribution is 9.09. The Hall–Kier alpha value is -0.100. The summed E-state index contributed by atoms with van der Waals surface area (Å²) >= 11 is 9.11. The molecule has 0 aliphatic heterocycles. The fourth-order valence-electron chi connectivity index (χ4n) is 1.17. The molecule has 0 atom stereocenters. The van der Waals surface area contributed by atoms with Gasteiger partial charge in [0, 0.05) is 11.9 Å². The second-order valence-corrected chi connectivity index (χ2v) is 6.16. The summed E-state index contributed by atoms with van der Waals surface area (Å²) in [5.74, 6) is 0. The Kier molecular flexibility index (Phi) is 5.75. The van der Waals surface area contributed by atoms with Gasteiger partial charge in [0.1, 0.15) is 4.90 Å². The van der Waals surface area contributed by atoms with Gasteiger partial charge in [0.15, 0.2) is 0 Å². The van der Waals surface area contributed by atoms with Gasteiger partial charge in [-0.2, -0.15) is 0 Å². The van der Waals surface area contributed by atoms with Crippen LogP contribution in [0, 0.1) is 0 Å².